The van der Waals surface area contributed by atoms with Gasteiger partial charge in [0.25, 0.3) is 0 Å². The maximum absolute atomic E-state index is 12.8. The lowest BCUT2D eigenvalue weighted by Crippen LogP contribution is -2.30. The molecular formula is C65H112O6. The summed E-state index contributed by atoms with van der Waals surface area (Å²) in [5, 5.41) is 0. The van der Waals surface area contributed by atoms with Gasteiger partial charge in [-0.05, 0) is 96.3 Å². The van der Waals surface area contributed by atoms with Crippen molar-refractivity contribution < 1.29 is 28.6 Å². The van der Waals surface area contributed by atoms with Gasteiger partial charge in [-0.1, -0.05) is 260 Å². The van der Waals surface area contributed by atoms with Crippen LogP contribution in [0, 0.1) is 0 Å². The minimum absolute atomic E-state index is 0.0915. The van der Waals surface area contributed by atoms with E-state index in [1.54, 1.807) is 0 Å². The zero-order valence-electron chi connectivity index (χ0n) is 46.7. The average Bonchev–Trinajstić information content (AvgIpc) is 3.37. The molecule has 0 saturated heterocycles. The van der Waals surface area contributed by atoms with Gasteiger partial charge in [-0.25, -0.2) is 0 Å². The van der Waals surface area contributed by atoms with E-state index in [2.05, 4.69) is 106 Å². The molecule has 0 amide bonds. The Morgan fingerprint density at radius 2 is 0.549 bits per heavy atom. The number of carbonyl (C=O) groups is 3. The standard InChI is InChI=1S/C65H112O6/c1-4-7-10-13-16-19-22-24-26-27-28-29-30-31-32-33-34-35-36-37-39-40-43-46-49-52-55-58-64(67)70-61-62(60-69-63(66)57-54-51-48-45-42-21-18-15-12-9-6-3)71-65(68)59-56-53-50-47-44-41-38-25-23-20-17-14-11-8-5-2/h8,11,17,20,22,24-25,27-28,30-31,38,44,47,62H,4-7,9-10,12-16,18-19,21,23,26,29,32-37,39-43,45-46,48-61H2,1-3H3/b11-8-,20-17-,24-22-,28-27-,31-30-,38-25-,47-44-. The van der Waals surface area contributed by atoms with Crippen LogP contribution < -0.4 is 0 Å². The maximum atomic E-state index is 12.8. The van der Waals surface area contributed by atoms with Gasteiger partial charge < -0.3 is 14.2 Å². The molecule has 0 aliphatic carbocycles. The summed E-state index contributed by atoms with van der Waals surface area (Å²) in [6, 6.07) is 0. The number of carbonyl (C=O) groups excluding carboxylic acids is 3. The average molecular weight is 990 g/mol. The molecule has 71 heavy (non-hydrogen) atoms. The molecular weight excluding hydrogens is 877 g/mol. The van der Waals surface area contributed by atoms with Gasteiger partial charge >= 0.3 is 17.9 Å². The fourth-order valence-electron chi connectivity index (χ4n) is 8.38. The van der Waals surface area contributed by atoms with Crippen LogP contribution in [0.3, 0.4) is 0 Å². The predicted octanol–water partition coefficient (Wildman–Crippen LogP) is 20.3. The SMILES string of the molecule is CC/C=C\C/C=C\C/C=C\C/C=C\CCCCC(=O)OC(COC(=O)CCCCCCCCCCCCC)COC(=O)CCCCCCCCCCCCCC/C=C\C/C=C\C/C=C\CCCCCCC. The molecule has 0 N–H and O–H groups in total. The third-order valence-corrected chi connectivity index (χ3v) is 12.9. The first kappa shape index (κ1) is 67.6. The summed E-state index contributed by atoms with van der Waals surface area (Å²) in [5.41, 5.74) is 0. The quantitative estimate of drug-likeness (QED) is 0.0261. The van der Waals surface area contributed by atoms with Crippen LogP contribution in [0.25, 0.3) is 0 Å². The van der Waals surface area contributed by atoms with Crippen molar-refractivity contribution in [1.29, 1.82) is 0 Å². The highest BCUT2D eigenvalue weighted by Crippen LogP contribution is 2.16. The molecule has 0 spiro atoms. The molecule has 408 valence electrons. The number of hydrogen-bond donors (Lipinski definition) is 0. The second kappa shape index (κ2) is 59.2. The second-order valence-corrected chi connectivity index (χ2v) is 19.9. The molecule has 0 fully saturated rings. The Balaban J connectivity index is 4.26. The van der Waals surface area contributed by atoms with Crippen molar-refractivity contribution in [3.05, 3.63) is 85.1 Å². The first-order chi connectivity index (χ1) is 35.0. The number of hydrogen-bond acceptors (Lipinski definition) is 6. The van der Waals surface area contributed by atoms with E-state index in [1.807, 2.05) is 0 Å². The topological polar surface area (TPSA) is 78.9 Å². The first-order valence-corrected chi connectivity index (χ1v) is 30.1. The van der Waals surface area contributed by atoms with Crippen LogP contribution >= 0.6 is 0 Å². The number of ether oxygens (including phenoxy) is 3. The van der Waals surface area contributed by atoms with Crippen LogP contribution in [0.2, 0.25) is 0 Å². The van der Waals surface area contributed by atoms with Crippen molar-refractivity contribution in [1.82, 2.24) is 0 Å². The van der Waals surface area contributed by atoms with E-state index in [4.69, 9.17) is 14.2 Å². The van der Waals surface area contributed by atoms with E-state index >= 15 is 0 Å². The summed E-state index contributed by atoms with van der Waals surface area (Å²) >= 11 is 0. The molecule has 0 rings (SSSR count). The van der Waals surface area contributed by atoms with Gasteiger partial charge in [0.05, 0.1) is 0 Å². The fraction of sp³-hybridized carbons (Fsp3) is 0.738. The van der Waals surface area contributed by atoms with Crippen LogP contribution in [0.15, 0.2) is 85.1 Å². The number of allylic oxidation sites excluding steroid dienone is 14. The van der Waals surface area contributed by atoms with Gasteiger partial charge in [-0.2, -0.15) is 0 Å². The van der Waals surface area contributed by atoms with Crippen molar-refractivity contribution in [3.63, 3.8) is 0 Å². The molecule has 0 radical (unpaired) electrons. The summed E-state index contributed by atoms with van der Waals surface area (Å²) in [5.74, 6) is -0.929. The molecule has 0 heterocycles. The van der Waals surface area contributed by atoms with Crippen LogP contribution in [0.4, 0.5) is 0 Å². The third kappa shape index (κ3) is 57.4. The van der Waals surface area contributed by atoms with Gasteiger partial charge in [-0.3, -0.25) is 14.4 Å². The van der Waals surface area contributed by atoms with E-state index in [1.165, 1.54) is 154 Å². The van der Waals surface area contributed by atoms with E-state index in [0.29, 0.717) is 19.3 Å². The first-order valence-electron chi connectivity index (χ1n) is 30.1. The Hall–Kier alpha value is -3.41. The summed E-state index contributed by atoms with van der Waals surface area (Å²) in [4.78, 5) is 38.1. The van der Waals surface area contributed by atoms with Gasteiger partial charge in [0.1, 0.15) is 13.2 Å². The lowest BCUT2D eigenvalue weighted by molar-refractivity contribution is -0.167. The highest BCUT2D eigenvalue weighted by atomic mass is 16.6. The van der Waals surface area contributed by atoms with Crippen LogP contribution in [0.5, 0.6) is 0 Å². The highest BCUT2D eigenvalue weighted by Gasteiger charge is 2.19. The molecule has 0 aromatic heterocycles. The molecule has 1 unspecified atom stereocenters. The number of unbranched alkanes of at least 4 members (excludes halogenated alkanes) is 29. The third-order valence-electron chi connectivity index (χ3n) is 12.9. The zero-order valence-corrected chi connectivity index (χ0v) is 46.7. The van der Waals surface area contributed by atoms with Crippen molar-refractivity contribution >= 4 is 17.9 Å². The van der Waals surface area contributed by atoms with Crippen LogP contribution in [-0.2, 0) is 28.6 Å². The van der Waals surface area contributed by atoms with Crippen molar-refractivity contribution in [3.8, 4) is 0 Å². The molecule has 0 aliphatic rings. The molecule has 1 atom stereocenters. The highest BCUT2D eigenvalue weighted by molar-refractivity contribution is 5.71. The molecule has 0 aliphatic heterocycles. The van der Waals surface area contributed by atoms with E-state index in [9.17, 15) is 14.4 Å². The minimum Gasteiger partial charge on any atom is -0.462 e. The lowest BCUT2D eigenvalue weighted by Gasteiger charge is -2.18. The van der Waals surface area contributed by atoms with Crippen LogP contribution in [-0.4, -0.2) is 37.2 Å². The van der Waals surface area contributed by atoms with Crippen molar-refractivity contribution in [2.75, 3.05) is 13.2 Å². The van der Waals surface area contributed by atoms with Gasteiger partial charge in [0.15, 0.2) is 6.10 Å². The van der Waals surface area contributed by atoms with Crippen molar-refractivity contribution in [2.24, 2.45) is 0 Å². The summed E-state index contributed by atoms with van der Waals surface area (Å²) < 4.78 is 16.8. The summed E-state index contributed by atoms with van der Waals surface area (Å²) in [6.07, 6.45) is 77.4. The Morgan fingerprint density at radius 3 is 0.887 bits per heavy atom. The Kier molecular flexibility index (Phi) is 56.3. The lowest BCUT2D eigenvalue weighted by atomic mass is 10.0. The zero-order chi connectivity index (χ0) is 51.4. The minimum atomic E-state index is -0.797. The number of rotatable bonds is 54. The van der Waals surface area contributed by atoms with E-state index < -0.39 is 6.10 Å². The maximum Gasteiger partial charge on any atom is 0.306 e. The van der Waals surface area contributed by atoms with Crippen LogP contribution in [0.1, 0.15) is 290 Å². The Bertz CT molecular complexity index is 1370. The van der Waals surface area contributed by atoms with Gasteiger partial charge in [0.2, 0.25) is 0 Å². The predicted molar refractivity (Wildman–Crippen MR) is 307 cm³/mol. The van der Waals surface area contributed by atoms with E-state index in [0.717, 1.165) is 89.9 Å². The normalized spacial score (nSPS) is 12.7. The largest absolute Gasteiger partial charge is 0.462 e. The molecule has 0 aromatic rings. The van der Waals surface area contributed by atoms with Gasteiger partial charge in [0, 0.05) is 19.3 Å². The van der Waals surface area contributed by atoms with Crippen molar-refractivity contribution in [2.45, 2.75) is 297 Å². The molecule has 0 saturated carbocycles. The summed E-state index contributed by atoms with van der Waals surface area (Å²) in [7, 11) is 0. The Labute approximate surface area is 439 Å². The smallest absolute Gasteiger partial charge is 0.306 e. The Morgan fingerprint density at radius 1 is 0.296 bits per heavy atom. The number of esters is 3. The second-order valence-electron chi connectivity index (χ2n) is 19.9. The fourth-order valence-corrected chi connectivity index (χ4v) is 8.38. The monoisotopic (exact) mass is 989 g/mol. The molecule has 0 aromatic carbocycles. The summed E-state index contributed by atoms with van der Waals surface area (Å²) in [6.45, 7) is 6.49. The van der Waals surface area contributed by atoms with E-state index in [-0.39, 0.29) is 37.5 Å². The molecule has 0 bridgehead atoms. The van der Waals surface area contributed by atoms with Gasteiger partial charge in [-0.15, -0.1) is 0 Å². The molecule has 6 heteroatoms. The molecule has 6 nitrogen and oxygen atoms in total.